The molecule has 5 heteroatoms. The molecule has 5 nitrogen and oxygen atoms in total. The summed E-state index contributed by atoms with van der Waals surface area (Å²) in [7, 11) is 1.86. The zero-order valence-electron chi connectivity index (χ0n) is 13.5. The molecule has 2 fully saturated rings. The fraction of sp³-hybridized carbons (Fsp3) is 0.500. The molecule has 1 saturated heterocycles. The smallest absolute Gasteiger partial charge is 0.253 e. The van der Waals surface area contributed by atoms with Gasteiger partial charge < -0.3 is 4.90 Å². The van der Waals surface area contributed by atoms with E-state index < -0.39 is 0 Å². The zero-order valence-corrected chi connectivity index (χ0v) is 13.5. The van der Waals surface area contributed by atoms with Crippen molar-refractivity contribution in [2.45, 2.75) is 51.0 Å². The Morgan fingerprint density at radius 3 is 2.13 bits per heavy atom. The second kappa shape index (κ2) is 6.52. The summed E-state index contributed by atoms with van der Waals surface area (Å²) < 4.78 is 0. The highest BCUT2D eigenvalue weighted by Crippen LogP contribution is 2.25. The van der Waals surface area contributed by atoms with Crippen molar-refractivity contribution < 1.29 is 14.4 Å². The molecule has 1 aromatic carbocycles. The van der Waals surface area contributed by atoms with Crippen molar-refractivity contribution in [3.05, 3.63) is 29.8 Å². The number of rotatable bonds is 3. The van der Waals surface area contributed by atoms with Crippen molar-refractivity contribution in [3.8, 4) is 0 Å². The van der Waals surface area contributed by atoms with Gasteiger partial charge in [0.1, 0.15) is 0 Å². The van der Waals surface area contributed by atoms with E-state index in [1.807, 2.05) is 11.9 Å². The Labute approximate surface area is 136 Å². The summed E-state index contributed by atoms with van der Waals surface area (Å²) in [4.78, 5) is 39.1. The lowest BCUT2D eigenvalue weighted by Gasteiger charge is -2.31. The van der Waals surface area contributed by atoms with E-state index in [1.54, 1.807) is 24.3 Å². The van der Waals surface area contributed by atoms with Crippen LogP contribution < -0.4 is 4.90 Å². The quantitative estimate of drug-likeness (QED) is 0.806. The van der Waals surface area contributed by atoms with Crippen molar-refractivity contribution in [2.75, 3.05) is 11.9 Å². The molecule has 3 amide bonds. The molecule has 0 bridgehead atoms. The summed E-state index contributed by atoms with van der Waals surface area (Å²) in [6.07, 6.45) is 6.29. The van der Waals surface area contributed by atoms with Gasteiger partial charge in [0.2, 0.25) is 11.8 Å². The van der Waals surface area contributed by atoms with Gasteiger partial charge in [-0.25, -0.2) is 0 Å². The van der Waals surface area contributed by atoms with Gasteiger partial charge in [-0.2, -0.15) is 0 Å². The Balaban J connectivity index is 1.72. The number of imide groups is 1. The molecule has 0 spiro atoms. The van der Waals surface area contributed by atoms with Crippen molar-refractivity contribution in [2.24, 2.45) is 0 Å². The SMILES string of the molecule is CN(C(=O)c1ccc(N2C(=O)CCC2=O)cc1)C1CCCCC1. The van der Waals surface area contributed by atoms with Crippen LogP contribution in [0.1, 0.15) is 55.3 Å². The molecule has 0 aromatic heterocycles. The van der Waals surface area contributed by atoms with Crippen LogP contribution in [0, 0.1) is 0 Å². The maximum atomic E-state index is 12.6. The molecule has 2 aliphatic rings. The number of hydrogen-bond acceptors (Lipinski definition) is 3. The summed E-state index contributed by atoms with van der Waals surface area (Å²) in [5.41, 5.74) is 1.15. The third-order valence-electron chi connectivity index (χ3n) is 4.87. The van der Waals surface area contributed by atoms with Gasteiger partial charge in [0.25, 0.3) is 5.91 Å². The van der Waals surface area contributed by atoms with Crippen LogP contribution in [0.2, 0.25) is 0 Å². The summed E-state index contributed by atoms with van der Waals surface area (Å²) in [6, 6.07) is 7.09. The number of anilines is 1. The predicted molar refractivity (Wildman–Crippen MR) is 87.1 cm³/mol. The number of hydrogen-bond donors (Lipinski definition) is 0. The standard InChI is InChI=1S/C18H22N2O3/c1-19(14-5-3-2-4-6-14)18(23)13-7-9-15(10-8-13)20-16(21)11-12-17(20)22/h7-10,14H,2-6,11-12H2,1H3. The molecular formula is C18H22N2O3. The maximum absolute atomic E-state index is 12.6. The average molecular weight is 314 g/mol. The van der Waals surface area contributed by atoms with Gasteiger partial charge in [-0.15, -0.1) is 0 Å². The van der Waals surface area contributed by atoms with Crippen molar-refractivity contribution in [1.29, 1.82) is 0 Å². The van der Waals surface area contributed by atoms with Gasteiger partial charge in [0, 0.05) is 31.5 Å². The third kappa shape index (κ3) is 3.14. The third-order valence-corrected chi connectivity index (χ3v) is 4.87. The van der Waals surface area contributed by atoms with E-state index in [1.165, 1.54) is 24.2 Å². The van der Waals surface area contributed by atoms with Gasteiger partial charge in [-0.1, -0.05) is 19.3 Å². The van der Waals surface area contributed by atoms with Gasteiger partial charge >= 0.3 is 0 Å². The number of nitrogens with zero attached hydrogens (tertiary/aromatic N) is 2. The van der Waals surface area contributed by atoms with Gasteiger partial charge in [-0.3, -0.25) is 19.3 Å². The molecule has 0 N–H and O–H groups in total. The molecule has 1 saturated carbocycles. The monoisotopic (exact) mass is 314 g/mol. The van der Waals surface area contributed by atoms with Crippen LogP contribution in [0.4, 0.5) is 5.69 Å². The first-order valence-corrected chi connectivity index (χ1v) is 8.31. The highest BCUT2D eigenvalue weighted by Gasteiger charge is 2.30. The van der Waals surface area contributed by atoms with E-state index in [4.69, 9.17) is 0 Å². The highest BCUT2D eigenvalue weighted by atomic mass is 16.2. The minimum Gasteiger partial charge on any atom is -0.339 e. The lowest BCUT2D eigenvalue weighted by atomic mass is 9.94. The second-order valence-corrected chi connectivity index (χ2v) is 6.38. The minimum atomic E-state index is -0.173. The molecule has 23 heavy (non-hydrogen) atoms. The van der Waals surface area contributed by atoms with Crippen LogP contribution >= 0.6 is 0 Å². The van der Waals surface area contributed by atoms with Crippen molar-refractivity contribution in [3.63, 3.8) is 0 Å². The summed E-state index contributed by atoms with van der Waals surface area (Å²) in [5, 5.41) is 0. The summed E-state index contributed by atoms with van der Waals surface area (Å²) in [6.45, 7) is 0. The lowest BCUT2D eigenvalue weighted by Crippen LogP contribution is -2.38. The molecule has 122 valence electrons. The number of carbonyl (C=O) groups is 3. The fourth-order valence-corrected chi connectivity index (χ4v) is 3.46. The van der Waals surface area contributed by atoms with Gasteiger partial charge in [0.15, 0.2) is 0 Å². The Morgan fingerprint density at radius 1 is 1.00 bits per heavy atom. The first-order valence-electron chi connectivity index (χ1n) is 8.31. The topological polar surface area (TPSA) is 57.7 Å². The molecule has 0 unspecified atom stereocenters. The lowest BCUT2D eigenvalue weighted by molar-refractivity contribution is -0.121. The highest BCUT2D eigenvalue weighted by molar-refractivity contribution is 6.19. The first-order chi connectivity index (χ1) is 11.1. The molecule has 1 aromatic rings. The summed E-state index contributed by atoms with van der Waals surface area (Å²) >= 11 is 0. The fourth-order valence-electron chi connectivity index (χ4n) is 3.46. The second-order valence-electron chi connectivity index (χ2n) is 6.38. The van der Waals surface area contributed by atoms with E-state index in [-0.39, 0.29) is 30.6 Å². The largest absolute Gasteiger partial charge is 0.339 e. The normalized spacial score (nSPS) is 19.3. The van der Waals surface area contributed by atoms with Crippen LogP contribution in [0.25, 0.3) is 0 Å². The van der Waals surface area contributed by atoms with E-state index in [9.17, 15) is 14.4 Å². The van der Waals surface area contributed by atoms with E-state index in [0.29, 0.717) is 17.3 Å². The van der Waals surface area contributed by atoms with Crippen LogP contribution in [0.5, 0.6) is 0 Å². The van der Waals surface area contributed by atoms with Crippen molar-refractivity contribution in [1.82, 2.24) is 4.90 Å². The van der Waals surface area contributed by atoms with Crippen LogP contribution in [0.15, 0.2) is 24.3 Å². The first kappa shape index (κ1) is 15.7. The molecule has 0 radical (unpaired) electrons. The average Bonchev–Trinajstić information content (AvgIpc) is 2.93. The van der Waals surface area contributed by atoms with Crippen LogP contribution in [0.3, 0.4) is 0 Å². The van der Waals surface area contributed by atoms with E-state index in [0.717, 1.165) is 12.8 Å². The van der Waals surface area contributed by atoms with Crippen LogP contribution in [-0.4, -0.2) is 35.7 Å². The van der Waals surface area contributed by atoms with Crippen molar-refractivity contribution >= 4 is 23.4 Å². The molecule has 0 atom stereocenters. The van der Waals surface area contributed by atoms with E-state index in [2.05, 4.69) is 0 Å². The number of benzene rings is 1. The molecule has 1 aliphatic carbocycles. The number of carbonyl (C=O) groups excluding carboxylic acids is 3. The van der Waals surface area contributed by atoms with Gasteiger partial charge in [0.05, 0.1) is 5.69 Å². The Kier molecular flexibility index (Phi) is 4.46. The maximum Gasteiger partial charge on any atom is 0.253 e. The molecule has 1 aliphatic heterocycles. The molecular weight excluding hydrogens is 292 g/mol. The Bertz CT molecular complexity index is 602. The zero-order chi connectivity index (χ0) is 16.4. The Hall–Kier alpha value is -2.17. The van der Waals surface area contributed by atoms with Gasteiger partial charge in [-0.05, 0) is 37.1 Å². The molecule has 3 rings (SSSR count). The number of amides is 3. The molecule has 1 heterocycles. The van der Waals surface area contributed by atoms with E-state index >= 15 is 0 Å². The summed E-state index contributed by atoms with van der Waals surface area (Å²) in [5.74, 6) is -0.343. The minimum absolute atomic E-state index is 0.00234. The Morgan fingerprint density at radius 2 is 1.57 bits per heavy atom. The van der Waals surface area contributed by atoms with Crippen LogP contribution in [-0.2, 0) is 9.59 Å². The predicted octanol–water partition coefficient (Wildman–Crippen LogP) is 2.74.